The topological polar surface area (TPSA) is 71.1 Å². The van der Waals surface area contributed by atoms with E-state index in [1.807, 2.05) is 18.2 Å². The fraction of sp³-hybridized carbons (Fsp3) is 0.524. The second-order valence-corrected chi connectivity index (χ2v) is 6.33. The zero-order valence-corrected chi connectivity index (χ0v) is 15.9. The highest BCUT2D eigenvalue weighted by Gasteiger charge is 2.12. The van der Waals surface area contributed by atoms with Crippen LogP contribution in [0.25, 0.3) is 6.08 Å². The molecule has 0 saturated heterocycles. The number of allylic oxidation sites excluding steroid dienone is 1. The summed E-state index contributed by atoms with van der Waals surface area (Å²) >= 11 is 0. The van der Waals surface area contributed by atoms with Crippen LogP contribution >= 0.6 is 0 Å². The summed E-state index contributed by atoms with van der Waals surface area (Å²) in [6.07, 6.45) is 10.9. The third kappa shape index (κ3) is 8.15. The Morgan fingerprint density at radius 3 is 2.59 bits per heavy atom. The van der Waals surface area contributed by atoms with Crippen LogP contribution in [0.4, 0.5) is 4.79 Å². The Hall–Kier alpha value is -2.50. The summed E-state index contributed by atoms with van der Waals surface area (Å²) in [6.45, 7) is 2.17. The van der Waals surface area contributed by atoms with E-state index < -0.39 is 12.1 Å². The van der Waals surface area contributed by atoms with E-state index in [2.05, 4.69) is 21.6 Å². The average Bonchev–Trinajstić information content (AvgIpc) is 3.11. The number of ether oxygens (including phenoxy) is 4. The first kappa shape index (κ1) is 20.8. The zero-order chi connectivity index (χ0) is 19.3. The summed E-state index contributed by atoms with van der Waals surface area (Å²) in [5.74, 6) is 1.10. The van der Waals surface area contributed by atoms with Gasteiger partial charge in [0.2, 0.25) is 6.79 Å². The number of carbonyl (C=O) groups excluding carboxylic acids is 2. The van der Waals surface area contributed by atoms with Crippen molar-refractivity contribution < 1.29 is 28.5 Å². The minimum absolute atomic E-state index is 0.206. The summed E-state index contributed by atoms with van der Waals surface area (Å²) in [6, 6.07) is 5.95. The standard InChI is InChI=1S/C21H28O6/c1-2-24-21(23)27-20(22)12-10-8-6-4-3-5-7-9-11-17-13-14-18-19(15-17)26-16-25-18/h9,11,13-15H,2-8,10,12,16H2,1H3/b11-9+. The lowest BCUT2D eigenvalue weighted by atomic mass is 10.1. The molecule has 0 aliphatic carbocycles. The maximum absolute atomic E-state index is 11.4. The molecule has 6 nitrogen and oxygen atoms in total. The Morgan fingerprint density at radius 1 is 1.04 bits per heavy atom. The van der Waals surface area contributed by atoms with Crippen molar-refractivity contribution in [3.05, 3.63) is 29.8 Å². The van der Waals surface area contributed by atoms with Crippen molar-refractivity contribution in [1.29, 1.82) is 0 Å². The van der Waals surface area contributed by atoms with E-state index in [-0.39, 0.29) is 13.0 Å². The van der Waals surface area contributed by atoms with E-state index in [0.29, 0.717) is 6.79 Å². The first-order chi connectivity index (χ1) is 13.2. The van der Waals surface area contributed by atoms with Gasteiger partial charge in [0.05, 0.1) is 6.61 Å². The molecule has 148 valence electrons. The first-order valence-corrected chi connectivity index (χ1v) is 9.62. The van der Waals surface area contributed by atoms with Crippen molar-refractivity contribution in [2.24, 2.45) is 0 Å². The van der Waals surface area contributed by atoms with Crippen LogP contribution in [0.15, 0.2) is 24.3 Å². The molecule has 0 aromatic heterocycles. The number of esters is 1. The normalized spacial score (nSPS) is 12.3. The monoisotopic (exact) mass is 376 g/mol. The predicted octanol–water partition coefficient (Wildman–Crippen LogP) is 5.25. The molecule has 0 fully saturated rings. The Labute approximate surface area is 160 Å². The van der Waals surface area contributed by atoms with Crippen molar-refractivity contribution in [2.45, 2.75) is 58.3 Å². The molecular formula is C21H28O6. The van der Waals surface area contributed by atoms with Gasteiger partial charge in [-0.3, -0.25) is 4.79 Å². The molecule has 0 bridgehead atoms. The van der Waals surface area contributed by atoms with E-state index in [1.165, 1.54) is 6.42 Å². The van der Waals surface area contributed by atoms with Gasteiger partial charge < -0.3 is 18.9 Å². The zero-order valence-electron chi connectivity index (χ0n) is 15.9. The van der Waals surface area contributed by atoms with Crippen LogP contribution < -0.4 is 9.47 Å². The molecule has 0 N–H and O–H groups in total. The van der Waals surface area contributed by atoms with Gasteiger partial charge in [0.15, 0.2) is 11.5 Å². The lowest BCUT2D eigenvalue weighted by Crippen LogP contribution is -2.13. The van der Waals surface area contributed by atoms with E-state index in [1.54, 1.807) is 6.92 Å². The number of rotatable bonds is 11. The molecule has 1 aliphatic rings. The van der Waals surface area contributed by atoms with E-state index in [0.717, 1.165) is 55.6 Å². The molecule has 0 unspecified atom stereocenters. The Balaban J connectivity index is 1.44. The fourth-order valence-corrected chi connectivity index (χ4v) is 2.77. The summed E-state index contributed by atoms with van der Waals surface area (Å²) < 4.78 is 19.7. The van der Waals surface area contributed by atoms with Crippen molar-refractivity contribution in [3.63, 3.8) is 0 Å². The number of unbranched alkanes of at least 4 members (excludes halogenated alkanes) is 6. The van der Waals surface area contributed by atoms with Crippen LogP contribution in [0, 0.1) is 0 Å². The lowest BCUT2D eigenvalue weighted by Gasteiger charge is -2.03. The highest BCUT2D eigenvalue weighted by atomic mass is 16.7. The summed E-state index contributed by atoms with van der Waals surface area (Å²) in [7, 11) is 0. The molecule has 0 amide bonds. The van der Waals surface area contributed by atoms with Gasteiger partial charge in [-0.2, -0.15) is 0 Å². The Bertz CT molecular complexity index is 638. The minimum atomic E-state index is -0.906. The average molecular weight is 376 g/mol. The second-order valence-electron chi connectivity index (χ2n) is 6.33. The number of fused-ring (bicyclic) bond motifs is 1. The van der Waals surface area contributed by atoms with Gasteiger partial charge in [-0.15, -0.1) is 0 Å². The molecule has 1 aromatic rings. The quantitative estimate of drug-likeness (QED) is 0.298. The van der Waals surface area contributed by atoms with Crippen molar-refractivity contribution >= 4 is 18.2 Å². The third-order valence-electron chi connectivity index (χ3n) is 4.17. The molecule has 0 atom stereocenters. The van der Waals surface area contributed by atoms with Crippen LogP contribution in [0.3, 0.4) is 0 Å². The van der Waals surface area contributed by atoms with Crippen LogP contribution in [-0.2, 0) is 14.3 Å². The first-order valence-electron chi connectivity index (χ1n) is 9.62. The molecular weight excluding hydrogens is 348 g/mol. The van der Waals surface area contributed by atoms with Gasteiger partial charge in [-0.1, -0.05) is 43.9 Å². The number of hydrogen-bond donors (Lipinski definition) is 0. The molecule has 0 spiro atoms. The van der Waals surface area contributed by atoms with E-state index >= 15 is 0 Å². The van der Waals surface area contributed by atoms with Crippen molar-refractivity contribution in [1.82, 2.24) is 0 Å². The van der Waals surface area contributed by atoms with E-state index in [9.17, 15) is 9.59 Å². The van der Waals surface area contributed by atoms with Crippen LogP contribution in [0.5, 0.6) is 11.5 Å². The van der Waals surface area contributed by atoms with Gasteiger partial charge in [-0.05, 0) is 43.9 Å². The minimum Gasteiger partial charge on any atom is -0.454 e. The molecule has 1 heterocycles. The van der Waals surface area contributed by atoms with Crippen molar-refractivity contribution in [2.75, 3.05) is 13.4 Å². The largest absolute Gasteiger partial charge is 0.516 e. The maximum Gasteiger partial charge on any atom is 0.516 e. The number of benzene rings is 1. The molecule has 1 aliphatic heterocycles. The fourth-order valence-electron chi connectivity index (χ4n) is 2.77. The number of carbonyl (C=O) groups is 2. The van der Waals surface area contributed by atoms with Crippen LogP contribution in [-0.4, -0.2) is 25.5 Å². The second kappa shape index (κ2) is 12.0. The van der Waals surface area contributed by atoms with Gasteiger partial charge in [-0.25, -0.2) is 4.79 Å². The molecule has 6 heteroatoms. The van der Waals surface area contributed by atoms with E-state index in [4.69, 9.17) is 9.47 Å². The maximum atomic E-state index is 11.4. The van der Waals surface area contributed by atoms with Crippen molar-refractivity contribution in [3.8, 4) is 11.5 Å². The molecule has 0 saturated carbocycles. The summed E-state index contributed by atoms with van der Waals surface area (Å²) in [4.78, 5) is 22.3. The smallest absolute Gasteiger partial charge is 0.454 e. The summed E-state index contributed by atoms with van der Waals surface area (Å²) in [5, 5.41) is 0. The highest BCUT2D eigenvalue weighted by molar-refractivity contribution is 5.81. The Morgan fingerprint density at radius 2 is 1.78 bits per heavy atom. The summed E-state index contributed by atoms with van der Waals surface area (Å²) in [5.41, 5.74) is 1.12. The van der Waals surface area contributed by atoms with Gasteiger partial charge >= 0.3 is 12.1 Å². The Kier molecular flexibility index (Phi) is 9.24. The van der Waals surface area contributed by atoms with Gasteiger partial charge in [0.1, 0.15) is 0 Å². The van der Waals surface area contributed by atoms with Gasteiger partial charge in [0, 0.05) is 6.42 Å². The van der Waals surface area contributed by atoms with Crippen LogP contribution in [0.2, 0.25) is 0 Å². The SMILES string of the molecule is CCOC(=O)OC(=O)CCCCCCCC/C=C/c1ccc2c(c1)OCO2. The van der Waals surface area contributed by atoms with Crippen LogP contribution in [0.1, 0.15) is 63.9 Å². The molecule has 0 radical (unpaired) electrons. The predicted molar refractivity (Wildman–Crippen MR) is 102 cm³/mol. The molecule has 2 rings (SSSR count). The van der Waals surface area contributed by atoms with Gasteiger partial charge in [0.25, 0.3) is 0 Å². The molecule has 1 aromatic carbocycles. The lowest BCUT2D eigenvalue weighted by molar-refractivity contribution is -0.139. The third-order valence-corrected chi connectivity index (χ3v) is 4.17. The highest BCUT2D eigenvalue weighted by Crippen LogP contribution is 2.32. The molecule has 27 heavy (non-hydrogen) atoms. The number of hydrogen-bond acceptors (Lipinski definition) is 6.